The molecule has 1 rings (SSSR count). The van der Waals surface area contributed by atoms with Crippen LogP contribution in [0.1, 0.15) is 65.2 Å². The molecule has 2 unspecified atom stereocenters. The summed E-state index contributed by atoms with van der Waals surface area (Å²) in [5.41, 5.74) is 5.81. The van der Waals surface area contributed by atoms with Crippen LogP contribution in [-0.2, 0) is 9.53 Å². The van der Waals surface area contributed by atoms with Crippen molar-refractivity contribution in [3.63, 3.8) is 0 Å². The summed E-state index contributed by atoms with van der Waals surface area (Å²) >= 11 is 0. The normalized spacial score (nSPS) is 26.5. The van der Waals surface area contributed by atoms with Gasteiger partial charge in [0.15, 0.2) is 0 Å². The third kappa shape index (κ3) is 5.07. The summed E-state index contributed by atoms with van der Waals surface area (Å²) in [4.78, 5) is 11.8. The second kappa shape index (κ2) is 7.70. The van der Waals surface area contributed by atoms with Gasteiger partial charge in [-0.05, 0) is 31.6 Å². The quantitative estimate of drug-likeness (QED) is 0.727. The van der Waals surface area contributed by atoms with Gasteiger partial charge in [-0.15, -0.1) is 0 Å². The van der Waals surface area contributed by atoms with E-state index in [0.717, 1.165) is 38.0 Å². The number of carbonyl (C=O) groups is 1. The Hall–Kier alpha value is -0.570. The molecule has 0 spiro atoms. The molecule has 0 aromatic rings. The van der Waals surface area contributed by atoms with Gasteiger partial charge in [0.05, 0.1) is 0 Å². The summed E-state index contributed by atoms with van der Waals surface area (Å²) in [6.07, 6.45) is 8.64. The number of rotatable bonds is 6. The van der Waals surface area contributed by atoms with E-state index in [1.54, 1.807) is 0 Å². The Morgan fingerprint density at radius 2 is 2.18 bits per heavy atom. The molecule has 0 amide bonds. The zero-order valence-corrected chi connectivity index (χ0v) is 11.3. The van der Waals surface area contributed by atoms with E-state index in [0.29, 0.717) is 0 Å². The fourth-order valence-electron chi connectivity index (χ4n) is 2.51. The van der Waals surface area contributed by atoms with Crippen molar-refractivity contribution >= 4 is 5.97 Å². The van der Waals surface area contributed by atoms with Crippen molar-refractivity contribution in [3.8, 4) is 0 Å². The van der Waals surface area contributed by atoms with Gasteiger partial charge in [0, 0.05) is 0 Å². The number of hydrogen-bond donors (Lipinski definition) is 1. The first-order valence-corrected chi connectivity index (χ1v) is 7.13. The monoisotopic (exact) mass is 241 g/mol. The Morgan fingerprint density at radius 1 is 1.41 bits per heavy atom. The summed E-state index contributed by atoms with van der Waals surface area (Å²) in [6, 6.07) is -0.419. The standard InChI is InChI=1S/C14H27NO2/c1-3-5-9-13(15)14(16)17-12-8-6-7-11(4-2)10-12/h11-13H,3-10,15H2,1-2H3/t11?,12?,13-/m0/s1. The highest BCUT2D eigenvalue weighted by atomic mass is 16.5. The maximum absolute atomic E-state index is 11.8. The Kier molecular flexibility index (Phi) is 6.56. The molecule has 0 bridgehead atoms. The summed E-state index contributed by atoms with van der Waals surface area (Å²) in [7, 11) is 0. The van der Waals surface area contributed by atoms with E-state index >= 15 is 0 Å². The maximum atomic E-state index is 11.8. The second-order valence-corrected chi connectivity index (χ2v) is 5.25. The van der Waals surface area contributed by atoms with E-state index in [4.69, 9.17) is 10.5 Å². The summed E-state index contributed by atoms with van der Waals surface area (Å²) in [5.74, 6) is 0.536. The Labute approximate surface area is 105 Å². The van der Waals surface area contributed by atoms with Gasteiger partial charge in [0.25, 0.3) is 0 Å². The molecule has 0 radical (unpaired) electrons. The first kappa shape index (κ1) is 14.5. The topological polar surface area (TPSA) is 52.3 Å². The van der Waals surface area contributed by atoms with E-state index < -0.39 is 6.04 Å². The van der Waals surface area contributed by atoms with E-state index in [-0.39, 0.29) is 12.1 Å². The number of hydrogen-bond acceptors (Lipinski definition) is 3. The molecule has 0 saturated heterocycles. The van der Waals surface area contributed by atoms with Gasteiger partial charge >= 0.3 is 5.97 Å². The largest absolute Gasteiger partial charge is 0.461 e. The van der Waals surface area contributed by atoms with Crippen LogP contribution in [0.25, 0.3) is 0 Å². The summed E-state index contributed by atoms with van der Waals surface area (Å²) < 4.78 is 5.52. The first-order valence-electron chi connectivity index (χ1n) is 7.13. The van der Waals surface area contributed by atoms with Gasteiger partial charge in [-0.25, -0.2) is 0 Å². The first-order chi connectivity index (χ1) is 8.17. The smallest absolute Gasteiger partial charge is 0.323 e. The van der Waals surface area contributed by atoms with Gasteiger partial charge < -0.3 is 10.5 Å². The number of carbonyl (C=O) groups excluding carboxylic acids is 1. The Balaban J connectivity index is 2.29. The lowest BCUT2D eigenvalue weighted by Gasteiger charge is -2.29. The van der Waals surface area contributed by atoms with Crippen LogP contribution >= 0.6 is 0 Å². The Bertz CT molecular complexity index is 230. The van der Waals surface area contributed by atoms with Crippen molar-refractivity contribution in [1.82, 2.24) is 0 Å². The highest BCUT2D eigenvalue weighted by Gasteiger charge is 2.25. The van der Waals surface area contributed by atoms with E-state index in [1.807, 2.05) is 0 Å². The van der Waals surface area contributed by atoms with Gasteiger partial charge in [-0.1, -0.05) is 39.5 Å². The van der Waals surface area contributed by atoms with Crippen LogP contribution in [0.3, 0.4) is 0 Å². The zero-order valence-electron chi connectivity index (χ0n) is 11.3. The highest BCUT2D eigenvalue weighted by molar-refractivity contribution is 5.75. The molecule has 1 aliphatic rings. The van der Waals surface area contributed by atoms with Crippen molar-refractivity contribution in [1.29, 1.82) is 0 Å². The lowest BCUT2D eigenvalue weighted by atomic mass is 9.85. The van der Waals surface area contributed by atoms with Crippen LogP contribution in [0.2, 0.25) is 0 Å². The molecule has 3 nitrogen and oxygen atoms in total. The third-order valence-corrected chi connectivity index (χ3v) is 3.77. The highest BCUT2D eigenvalue weighted by Crippen LogP contribution is 2.28. The fourth-order valence-corrected chi connectivity index (χ4v) is 2.51. The molecule has 0 aromatic heterocycles. The molecule has 1 fully saturated rings. The lowest BCUT2D eigenvalue weighted by Crippen LogP contribution is -2.36. The van der Waals surface area contributed by atoms with Crippen LogP contribution in [0.5, 0.6) is 0 Å². The molecule has 0 aromatic carbocycles. The number of esters is 1. The van der Waals surface area contributed by atoms with Crippen molar-refractivity contribution in [2.24, 2.45) is 11.7 Å². The molecule has 3 heteroatoms. The molecule has 0 heterocycles. The van der Waals surface area contributed by atoms with E-state index in [1.165, 1.54) is 19.3 Å². The van der Waals surface area contributed by atoms with Crippen molar-refractivity contribution in [2.75, 3.05) is 0 Å². The minimum atomic E-state index is -0.419. The summed E-state index contributed by atoms with van der Waals surface area (Å²) in [6.45, 7) is 4.31. The SMILES string of the molecule is CCCC[C@H](N)C(=O)OC1CCCC(CC)C1. The molecular formula is C14H27NO2. The van der Waals surface area contributed by atoms with Crippen molar-refractivity contribution < 1.29 is 9.53 Å². The van der Waals surface area contributed by atoms with Crippen LogP contribution in [0.4, 0.5) is 0 Å². The van der Waals surface area contributed by atoms with Crippen LogP contribution in [0.15, 0.2) is 0 Å². The number of nitrogens with two attached hydrogens (primary N) is 1. The van der Waals surface area contributed by atoms with E-state index in [2.05, 4.69) is 13.8 Å². The zero-order chi connectivity index (χ0) is 12.7. The Morgan fingerprint density at radius 3 is 2.82 bits per heavy atom. The van der Waals surface area contributed by atoms with E-state index in [9.17, 15) is 4.79 Å². The fraction of sp³-hybridized carbons (Fsp3) is 0.929. The second-order valence-electron chi connectivity index (χ2n) is 5.25. The van der Waals surface area contributed by atoms with Crippen molar-refractivity contribution in [3.05, 3.63) is 0 Å². The van der Waals surface area contributed by atoms with Crippen LogP contribution < -0.4 is 5.73 Å². The molecule has 17 heavy (non-hydrogen) atoms. The maximum Gasteiger partial charge on any atom is 0.323 e. The lowest BCUT2D eigenvalue weighted by molar-refractivity contribution is -0.153. The molecule has 100 valence electrons. The van der Waals surface area contributed by atoms with Crippen LogP contribution in [0, 0.1) is 5.92 Å². The number of unbranched alkanes of at least 4 members (excludes halogenated alkanes) is 1. The van der Waals surface area contributed by atoms with Crippen molar-refractivity contribution in [2.45, 2.75) is 77.4 Å². The molecule has 3 atom stereocenters. The number of ether oxygens (including phenoxy) is 1. The predicted octanol–water partition coefficient (Wildman–Crippen LogP) is 3.02. The van der Waals surface area contributed by atoms with Gasteiger partial charge in [-0.3, -0.25) is 4.79 Å². The molecule has 2 N–H and O–H groups in total. The predicted molar refractivity (Wildman–Crippen MR) is 69.6 cm³/mol. The third-order valence-electron chi connectivity index (χ3n) is 3.77. The minimum absolute atomic E-state index is 0.119. The average Bonchev–Trinajstić information content (AvgIpc) is 2.36. The molecular weight excluding hydrogens is 214 g/mol. The van der Waals surface area contributed by atoms with Gasteiger partial charge in [0.2, 0.25) is 0 Å². The molecule has 0 aliphatic heterocycles. The van der Waals surface area contributed by atoms with Gasteiger partial charge in [0.1, 0.15) is 12.1 Å². The average molecular weight is 241 g/mol. The van der Waals surface area contributed by atoms with Crippen LogP contribution in [-0.4, -0.2) is 18.1 Å². The molecule has 1 aliphatic carbocycles. The van der Waals surface area contributed by atoms with Gasteiger partial charge in [-0.2, -0.15) is 0 Å². The minimum Gasteiger partial charge on any atom is -0.461 e. The molecule has 1 saturated carbocycles. The summed E-state index contributed by atoms with van der Waals surface area (Å²) in [5, 5.41) is 0.